The van der Waals surface area contributed by atoms with Gasteiger partial charge in [0.05, 0.1) is 35.0 Å². The Morgan fingerprint density at radius 2 is 2.03 bits per heavy atom. The Labute approximate surface area is 176 Å². The summed E-state index contributed by atoms with van der Waals surface area (Å²) in [6.07, 6.45) is -0.00970. The van der Waals surface area contributed by atoms with Gasteiger partial charge in [-0.3, -0.25) is 19.7 Å². The molecule has 5 atom stereocenters. The van der Waals surface area contributed by atoms with Gasteiger partial charge in [-0.15, -0.1) is 0 Å². The van der Waals surface area contributed by atoms with E-state index in [1.165, 1.54) is 19.1 Å². The topological polar surface area (TPSA) is 165 Å². The lowest BCUT2D eigenvalue weighted by atomic mass is 9.52. The molecule has 1 aromatic heterocycles. The van der Waals surface area contributed by atoms with Gasteiger partial charge >= 0.3 is 16.9 Å². The molecule has 5 N–H and O–H groups in total. The van der Waals surface area contributed by atoms with Crippen molar-refractivity contribution in [1.29, 1.82) is 0 Å². The number of nitrogens with two attached hydrogens (primary N) is 1. The Morgan fingerprint density at radius 3 is 2.47 bits per heavy atom. The number of ether oxygens (including phenoxy) is 1. The quantitative estimate of drug-likeness (QED) is 0.237. The van der Waals surface area contributed by atoms with Gasteiger partial charge in [-0.25, -0.2) is 4.39 Å². The highest BCUT2D eigenvalue weighted by molar-refractivity contribution is 7.15. The number of rotatable bonds is 10. The lowest BCUT2D eigenvalue weighted by Crippen LogP contribution is -2.71. The third-order valence-electron chi connectivity index (χ3n) is 6.08. The van der Waals surface area contributed by atoms with Crippen LogP contribution in [0.1, 0.15) is 31.1 Å². The first-order valence-corrected chi connectivity index (χ1v) is 10.2. The molecule has 1 saturated heterocycles. The van der Waals surface area contributed by atoms with Gasteiger partial charge in [-0.1, -0.05) is 18.3 Å². The summed E-state index contributed by atoms with van der Waals surface area (Å²) in [7, 11) is 0. The Hall–Kier alpha value is -2.15. The van der Waals surface area contributed by atoms with Crippen molar-refractivity contribution in [3.8, 4) is 0 Å². The maximum atomic E-state index is 14.0. The highest BCUT2D eigenvalue weighted by Gasteiger charge is 2.66. The maximum absolute atomic E-state index is 14.0. The van der Waals surface area contributed by atoms with E-state index in [9.17, 15) is 34.3 Å². The zero-order valence-electron chi connectivity index (χ0n) is 16.7. The van der Waals surface area contributed by atoms with Crippen LogP contribution in [0.4, 0.5) is 9.39 Å². The fraction of sp³-hybridized carbons (Fsp3) is 0.667. The number of carboxylic acids is 2. The van der Waals surface area contributed by atoms with E-state index in [1.807, 2.05) is 0 Å². The van der Waals surface area contributed by atoms with E-state index in [0.717, 1.165) is 0 Å². The Bertz CT molecular complexity index is 806. The number of hydrogen-bond acceptors (Lipinski definition) is 8. The second-order valence-electron chi connectivity index (χ2n) is 7.44. The first-order chi connectivity index (χ1) is 14.1. The second-order valence-corrected chi connectivity index (χ2v) is 8.54. The van der Waals surface area contributed by atoms with Crippen LogP contribution in [0.3, 0.4) is 0 Å². The summed E-state index contributed by atoms with van der Waals surface area (Å²) in [5, 5.41) is 34.2. The molecule has 1 aliphatic heterocycles. The molecule has 10 nitrogen and oxygen atoms in total. The number of thiophene rings is 1. The van der Waals surface area contributed by atoms with Gasteiger partial charge in [0.15, 0.2) is 0 Å². The van der Waals surface area contributed by atoms with Gasteiger partial charge in [0.25, 0.3) is 0 Å². The number of nitrogens with zero attached hydrogens (tertiary/aromatic N) is 1. The zero-order chi connectivity index (χ0) is 22.7. The average molecular weight is 447 g/mol. The molecule has 0 aliphatic carbocycles. The molecule has 12 heteroatoms. The molecule has 1 aromatic rings. The van der Waals surface area contributed by atoms with Gasteiger partial charge < -0.3 is 26.0 Å². The summed E-state index contributed by atoms with van der Waals surface area (Å²) >= 11 is 0.708. The molecule has 5 unspecified atom stereocenters. The van der Waals surface area contributed by atoms with Crippen molar-refractivity contribution in [2.45, 2.75) is 38.3 Å². The fourth-order valence-corrected chi connectivity index (χ4v) is 5.64. The summed E-state index contributed by atoms with van der Waals surface area (Å²) in [5.74, 6) is -3.92. The SMILES string of the molecule is CCC1(C(=O)O)C(COCCN)NC(CF)C(C)(C(=O)O)C1c1ccc([N+](=O)[O-])s1. The van der Waals surface area contributed by atoms with E-state index in [0.29, 0.717) is 11.3 Å². The van der Waals surface area contributed by atoms with Crippen molar-refractivity contribution in [2.24, 2.45) is 16.6 Å². The summed E-state index contributed by atoms with van der Waals surface area (Å²) in [5.41, 5.74) is 1.83. The van der Waals surface area contributed by atoms with Crippen LogP contribution in [-0.2, 0) is 14.3 Å². The summed E-state index contributed by atoms with van der Waals surface area (Å²) in [6, 6.07) is 0.398. The number of hydrogen-bond donors (Lipinski definition) is 4. The van der Waals surface area contributed by atoms with Gasteiger partial charge in [-0.05, 0) is 19.4 Å². The predicted octanol–water partition coefficient (Wildman–Crippen LogP) is 1.60. The smallest absolute Gasteiger partial charge is 0.324 e. The molecule has 2 heterocycles. The number of halogens is 1. The molecule has 168 valence electrons. The molecule has 0 radical (unpaired) electrons. The number of nitrogens with one attached hydrogen (secondary N) is 1. The first-order valence-electron chi connectivity index (χ1n) is 9.41. The Morgan fingerprint density at radius 1 is 1.37 bits per heavy atom. The van der Waals surface area contributed by atoms with Crippen LogP contribution in [0.15, 0.2) is 12.1 Å². The highest BCUT2D eigenvalue weighted by atomic mass is 32.1. The Balaban J connectivity index is 2.75. The van der Waals surface area contributed by atoms with Crippen molar-refractivity contribution >= 4 is 28.3 Å². The van der Waals surface area contributed by atoms with Gasteiger partial charge in [-0.2, -0.15) is 0 Å². The van der Waals surface area contributed by atoms with E-state index in [1.54, 1.807) is 6.92 Å². The average Bonchev–Trinajstić information content (AvgIpc) is 3.17. The highest BCUT2D eigenvalue weighted by Crippen LogP contribution is 2.58. The summed E-state index contributed by atoms with van der Waals surface area (Å²) < 4.78 is 19.5. The normalized spacial score (nSPS) is 31.4. The summed E-state index contributed by atoms with van der Waals surface area (Å²) in [6.45, 7) is 2.01. The van der Waals surface area contributed by atoms with Crippen LogP contribution in [0.5, 0.6) is 0 Å². The monoisotopic (exact) mass is 447 g/mol. The molecule has 0 saturated carbocycles. The maximum Gasteiger partial charge on any atom is 0.324 e. The fourth-order valence-electron chi connectivity index (χ4n) is 4.48. The molecule has 0 spiro atoms. The van der Waals surface area contributed by atoms with Gasteiger partial charge in [0.2, 0.25) is 0 Å². The van der Waals surface area contributed by atoms with Gasteiger partial charge in [0, 0.05) is 29.4 Å². The molecular formula is C18H26FN3O7S. The minimum Gasteiger partial charge on any atom is -0.481 e. The molecule has 0 amide bonds. The second kappa shape index (κ2) is 9.33. The molecule has 30 heavy (non-hydrogen) atoms. The van der Waals surface area contributed by atoms with E-state index < -0.39 is 52.4 Å². The van der Waals surface area contributed by atoms with Gasteiger partial charge in [0.1, 0.15) is 6.67 Å². The molecule has 0 bridgehead atoms. The van der Waals surface area contributed by atoms with Crippen molar-refractivity contribution < 1.29 is 33.9 Å². The van der Waals surface area contributed by atoms with E-state index in [4.69, 9.17) is 10.5 Å². The first kappa shape index (κ1) is 24.1. The zero-order valence-corrected chi connectivity index (χ0v) is 17.5. The number of piperidine rings is 1. The summed E-state index contributed by atoms with van der Waals surface area (Å²) in [4.78, 5) is 35.8. The van der Waals surface area contributed by atoms with Crippen LogP contribution in [0.2, 0.25) is 0 Å². The van der Waals surface area contributed by atoms with Crippen LogP contribution < -0.4 is 11.1 Å². The van der Waals surface area contributed by atoms with Crippen LogP contribution in [-0.4, -0.2) is 65.6 Å². The third kappa shape index (κ3) is 3.80. The molecular weight excluding hydrogens is 421 g/mol. The van der Waals surface area contributed by atoms with Crippen molar-refractivity contribution in [1.82, 2.24) is 5.32 Å². The molecule has 1 fully saturated rings. The van der Waals surface area contributed by atoms with Crippen LogP contribution in [0, 0.1) is 20.9 Å². The standard InChI is InChI=1S/C18H26FN3O7S/c1-3-18(16(25)26)12(9-29-7-6-20)21-11(8-19)17(2,15(23)24)14(18)10-4-5-13(30-10)22(27)28/h4-5,11-12,14,21H,3,6-9,20H2,1-2H3,(H,23,24)(H,25,26). The number of nitro groups is 1. The minimum atomic E-state index is -1.88. The largest absolute Gasteiger partial charge is 0.481 e. The number of aliphatic carboxylic acids is 2. The lowest BCUT2D eigenvalue weighted by Gasteiger charge is -2.56. The number of carboxylic acid groups (broad SMARTS) is 2. The lowest BCUT2D eigenvalue weighted by molar-refractivity contribution is -0.380. The van der Waals surface area contributed by atoms with Crippen LogP contribution >= 0.6 is 11.3 Å². The van der Waals surface area contributed by atoms with Crippen molar-refractivity contribution in [3.63, 3.8) is 0 Å². The van der Waals surface area contributed by atoms with E-state index in [2.05, 4.69) is 5.32 Å². The Kier molecular flexibility index (Phi) is 7.50. The minimum absolute atomic E-state index is 0.00970. The predicted molar refractivity (Wildman–Crippen MR) is 106 cm³/mol. The van der Waals surface area contributed by atoms with Crippen molar-refractivity contribution in [2.75, 3.05) is 26.4 Å². The van der Waals surface area contributed by atoms with E-state index in [-0.39, 0.29) is 36.1 Å². The van der Waals surface area contributed by atoms with Crippen molar-refractivity contribution in [3.05, 3.63) is 27.1 Å². The molecule has 2 rings (SSSR count). The van der Waals surface area contributed by atoms with E-state index >= 15 is 0 Å². The third-order valence-corrected chi connectivity index (χ3v) is 7.19. The molecule has 0 aromatic carbocycles. The van der Waals surface area contributed by atoms with Crippen LogP contribution in [0.25, 0.3) is 0 Å². The number of alkyl halides is 1. The number of carbonyl (C=O) groups is 2. The molecule has 1 aliphatic rings.